The van der Waals surface area contributed by atoms with Gasteiger partial charge in [-0.05, 0) is 61.7 Å². The third-order valence-electron chi connectivity index (χ3n) is 5.63. The number of nitrogens with one attached hydrogen (secondary N) is 1. The van der Waals surface area contributed by atoms with Crippen molar-refractivity contribution in [3.8, 4) is 11.1 Å². The molecule has 7 heteroatoms. The van der Waals surface area contributed by atoms with Gasteiger partial charge in [0.15, 0.2) is 0 Å². The smallest absolute Gasteiger partial charge is 0.263 e. The van der Waals surface area contributed by atoms with Gasteiger partial charge in [-0.15, -0.1) is 11.3 Å². The molecular formula is C25H26N4O2S. The van der Waals surface area contributed by atoms with E-state index >= 15 is 0 Å². The van der Waals surface area contributed by atoms with E-state index in [1.54, 1.807) is 0 Å². The maximum atomic E-state index is 13.3. The van der Waals surface area contributed by atoms with Crippen molar-refractivity contribution in [2.45, 2.75) is 27.3 Å². The van der Waals surface area contributed by atoms with Gasteiger partial charge in [0, 0.05) is 35.9 Å². The molecule has 0 fully saturated rings. The normalized spacial score (nSPS) is 11.0. The minimum Gasteiger partial charge on any atom is -0.378 e. The summed E-state index contributed by atoms with van der Waals surface area (Å²) in [6, 6.07) is 13.8. The topological polar surface area (TPSA) is 67.2 Å². The van der Waals surface area contributed by atoms with E-state index in [9.17, 15) is 9.59 Å². The predicted molar refractivity (Wildman–Crippen MR) is 133 cm³/mol. The van der Waals surface area contributed by atoms with Crippen LogP contribution in [0.25, 0.3) is 21.3 Å². The molecule has 0 atom stereocenters. The second-order valence-electron chi connectivity index (χ2n) is 8.18. The van der Waals surface area contributed by atoms with Crippen molar-refractivity contribution in [1.82, 2.24) is 9.55 Å². The molecule has 0 saturated carbocycles. The molecule has 2 aromatic carbocycles. The lowest BCUT2D eigenvalue weighted by Gasteiger charge is -2.13. The summed E-state index contributed by atoms with van der Waals surface area (Å²) >= 11 is 1.50. The van der Waals surface area contributed by atoms with Crippen LogP contribution < -0.4 is 15.8 Å². The van der Waals surface area contributed by atoms with Crippen molar-refractivity contribution in [3.63, 3.8) is 0 Å². The molecule has 1 N–H and O–H groups in total. The first-order valence-corrected chi connectivity index (χ1v) is 11.2. The molecule has 0 radical (unpaired) electrons. The SMILES string of the molecule is Cc1ccc(-c2c(C)sc3ncn(CC(=O)Nc4ccc(N(C)C)cc4)c(=O)c23)cc1C. The van der Waals surface area contributed by atoms with Gasteiger partial charge in [0.25, 0.3) is 5.56 Å². The van der Waals surface area contributed by atoms with Crippen LogP contribution in [0, 0.1) is 20.8 Å². The minimum absolute atomic E-state index is 0.0987. The fraction of sp³-hybridized carbons (Fsp3) is 0.240. The number of fused-ring (bicyclic) bond motifs is 1. The van der Waals surface area contributed by atoms with Crippen molar-refractivity contribution < 1.29 is 4.79 Å². The van der Waals surface area contributed by atoms with Crippen LogP contribution >= 0.6 is 11.3 Å². The fourth-order valence-electron chi connectivity index (χ4n) is 3.69. The number of anilines is 2. The van der Waals surface area contributed by atoms with Crippen LogP contribution in [0.15, 0.2) is 53.6 Å². The maximum Gasteiger partial charge on any atom is 0.263 e. The number of hydrogen-bond donors (Lipinski definition) is 1. The van der Waals surface area contributed by atoms with E-state index < -0.39 is 0 Å². The second-order valence-corrected chi connectivity index (χ2v) is 9.38. The molecule has 0 aliphatic carbocycles. The van der Waals surface area contributed by atoms with E-state index in [2.05, 4.69) is 36.3 Å². The lowest BCUT2D eigenvalue weighted by Crippen LogP contribution is -2.27. The number of thiophene rings is 1. The van der Waals surface area contributed by atoms with Crippen LogP contribution in [0.1, 0.15) is 16.0 Å². The average Bonchev–Trinajstić information content (AvgIpc) is 3.09. The first kappa shape index (κ1) is 21.8. The molecule has 0 aliphatic heterocycles. The number of amides is 1. The Labute approximate surface area is 191 Å². The minimum atomic E-state index is -0.273. The molecule has 4 aromatic rings. The molecule has 0 bridgehead atoms. The Balaban J connectivity index is 1.65. The Morgan fingerprint density at radius 2 is 1.78 bits per heavy atom. The monoisotopic (exact) mass is 446 g/mol. The summed E-state index contributed by atoms with van der Waals surface area (Å²) in [5, 5.41) is 3.43. The molecule has 6 nitrogen and oxygen atoms in total. The van der Waals surface area contributed by atoms with Crippen molar-refractivity contribution >= 4 is 38.8 Å². The molecular weight excluding hydrogens is 420 g/mol. The number of benzene rings is 2. The Kier molecular flexibility index (Phi) is 5.84. The Hall–Kier alpha value is -3.45. The van der Waals surface area contributed by atoms with E-state index in [1.165, 1.54) is 33.4 Å². The highest BCUT2D eigenvalue weighted by molar-refractivity contribution is 7.19. The summed E-state index contributed by atoms with van der Waals surface area (Å²) in [4.78, 5) is 34.2. The van der Waals surface area contributed by atoms with Gasteiger partial charge < -0.3 is 10.2 Å². The lowest BCUT2D eigenvalue weighted by molar-refractivity contribution is -0.116. The van der Waals surface area contributed by atoms with Gasteiger partial charge >= 0.3 is 0 Å². The summed E-state index contributed by atoms with van der Waals surface area (Å²) in [5.74, 6) is -0.273. The summed E-state index contributed by atoms with van der Waals surface area (Å²) in [6.45, 7) is 6.04. The number of nitrogens with zero attached hydrogens (tertiary/aromatic N) is 3. The van der Waals surface area contributed by atoms with Crippen LogP contribution in [-0.4, -0.2) is 29.6 Å². The third kappa shape index (κ3) is 4.16. The van der Waals surface area contributed by atoms with Gasteiger partial charge in [-0.1, -0.05) is 18.2 Å². The molecule has 32 heavy (non-hydrogen) atoms. The summed E-state index contributed by atoms with van der Waals surface area (Å²) in [6.07, 6.45) is 1.46. The first-order valence-electron chi connectivity index (χ1n) is 10.4. The van der Waals surface area contributed by atoms with Gasteiger partial charge in [0.2, 0.25) is 5.91 Å². The van der Waals surface area contributed by atoms with Crippen LogP contribution in [0.3, 0.4) is 0 Å². The van der Waals surface area contributed by atoms with Gasteiger partial charge in [-0.2, -0.15) is 0 Å². The zero-order valence-corrected chi connectivity index (χ0v) is 19.7. The van der Waals surface area contributed by atoms with Crippen LogP contribution in [0.4, 0.5) is 11.4 Å². The molecule has 164 valence electrons. The quantitative estimate of drug-likeness (QED) is 0.480. The predicted octanol–water partition coefficient (Wildman–Crippen LogP) is 4.75. The Bertz CT molecular complexity index is 1370. The highest BCUT2D eigenvalue weighted by Crippen LogP contribution is 2.36. The van der Waals surface area contributed by atoms with Gasteiger partial charge in [-0.25, -0.2) is 4.98 Å². The number of carbonyl (C=O) groups is 1. The molecule has 1 amide bonds. The molecule has 0 unspecified atom stereocenters. The average molecular weight is 447 g/mol. The Morgan fingerprint density at radius 3 is 2.44 bits per heavy atom. The van der Waals surface area contributed by atoms with Crippen molar-refractivity contribution in [3.05, 3.63) is 75.1 Å². The largest absolute Gasteiger partial charge is 0.378 e. The van der Waals surface area contributed by atoms with Crippen LogP contribution in [-0.2, 0) is 11.3 Å². The summed E-state index contributed by atoms with van der Waals surface area (Å²) in [7, 11) is 3.92. The molecule has 2 aromatic heterocycles. The zero-order chi connectivity index (χ0) is 23.0. The first-order chi connectivity index (χ1) is 15.2. The number of hydrogen-bond acceptors (Lipinski definition) is 5. The van der Waals surface area contributed by atoms with Gasteiger partial charge in [0.05, 0.1) is 11.7 Å². The standard InChI is InChI=1S/C25H26N4O2S/c1-15-6-7-18(12-16(15)2)22-17(3)32-24-23(22)25(31)29(14-26-24)13-21(30)27-19-8-10-20(11-9-19)28(4)5/h6-12,14H,13H2,1-5H3,(H,27,30). The summed E-state index contributed by atoms with van der Waals surface area (Å²) in [5.41, 5.74) is 5.80. The van der Waals surface area contributed by atoms with E-state index in [-0.39, 0.29) is 18.0 Å². The molecule has 2 heterocycles. The lowest BCUT2D eigenvalue weighted by atomic mass is 9.99. The van der Waals surface area contributed by atoms with E-state index in [4.69, 9.17) is 0 Å². The second kappa shape index (κ2) is 8.59. The number of carbonyl (C=O) groups excluding carboxylic acids is 1. The number of aromatic nitrogens is 2. The molecule has 0 saturated heterocycles. The molecule has 0 aliphatic rings. The van der Waals surface area contributed by atoms with Crippen molar-refractivity contribution in [2.24, 2.45) is 0 Å². The number of rotatable bonds is 5. The number of aryl methyl sites for hydroxylation is 3. The van der Waals surface area contributed by atoms with Crippen molar-refractivity contribution in [1.29, 1.82) is 0 Å². The van der Waals surface area contributed by atoms with E-state index in [0.29, 0.717) is 15.9 Å². The van der Waals surface area contributed by atoms with E-state index in [1.807, 2.05) is 56.3 Å². The molecule has 4 rings (SSSR count). The van der Waals surface area contributed by atoms with Gasteiger partial charge in [0.1, 0.15) is 11.4 Å². The highest BCUT2D eigenvalue weighted by Gasteiger charge is 2.18. The van der Waals surface area contributed by atoms with E-state index in [0.717, 1.165) is 21.7 Å². The van der Waals surface area contributed by atoms with Crippen LogP contribution in [0.2, 0.25) is 0 Å². The summed E-state index contributed by atoms with van der Waals surface area (Å²) < 4.78 is 1.38. The molecule has 0 spiro atoms. The third-order valence-corrected chi connectivity index (χ3v) is 6.64. The zero-order valence-electron chi connectivity index (χ0n) is 18.9. The van der Waals surface area contributed by atoms with Crippen LogP contribution in [0.5, 0.6) is 0 Å². The van der Waals surface area contributed by atoms with Gasteiger partial charge in [-0.3, -0.25) is 14.2 Å². The highest BCUT2D eigenvalue weighted by atomic mass is 32.1. The Morgan fingerprint density at radius 1 is 1.06 bits per heavy atom. The van der Waals surface area contributed by atoms with Crippen molar-refractivity contribution in [2.75, 3.05) is 24.3 Å². The maximum absolute atomic E-state index is 13.3. The fourth-order valence-corrected chi connectivity index (χ4v) is 4.70.